The molecule has 3 aliphatic heterocycles. The second-order valence-corrected chi connectivity index (χ2v) is 13.8. The zero-order valence-electron chi connectivity index (χ0n) is 23.9. The first-order valence-corrected chi connectivity index (χ1v) is 15.3. The maximum absolute atomic E-state index is 13.1. The van der Waals surface area contributed by atoms with E-state index in [2.05, 4.69) is 31.9 Å². The van der Waals surface area contributed by atoms with Crippen LogP contribution in [-0.2, 0) is 19.6 Å². The number of nitrogens with zero attached hydrogens (tertiary/aromatic N) is 3. The van der Waals surface area contributed by atoms with Crippen LogP contribution in [-0.4, -0.2) is 79.4 Å². The molecule has 3 fully saturated rings. The zero-order chi connectivity index (χ0) is 29.3. The van der Waals surface area contributed by atoms with Crippen molar-refractivity contribution in [2.75, 3.05) is 25.0 Å². The molecular formula is C27H41N7O5S. The van der Waals surface area contributed by atoms with Crippen LogP contribution in [0.3, 0.4) is 0 Å². The molecule has 3 saturated heterocycles. The van der Waals surface area contributed by atoms with E-state index < -0.39 is 33.2 Å². The van der Waals surface area contributed by atoms with Gasteiger partial charge in [-0.05, 0) is 78.1 Å². The van der Waals surface area contributed by atoms with Gasteiger partial charge in [0.2, 0.25) is 15.9 Å². The lowest BCUT2D eigenvalue weighted by Crippen LogP contribution is -2.62. The van der Waals surface area contributed by atoms with Crippen molar-refractivity contribution in [3.63, 3.8) is 0 Å². The van der Waals surface area contributed by atoms with Gasteiger partial charge >= 0.3 is 6.09 Å². The Balaban J connectivity index is 1.53. The van der Waals surface area contributed by atoms with Crippen LogP contribution in [0.25, 0.3) is 0 Å². The lowest BCUT2D eigenvalue weighted by molar-refractivity contribution is -0.128. The van der Waals surface area contributed by atoms with Gasteiger partial charge in [-0.25, -0.2) is 28.4 Å². The number of carbonyl (C=O) groups excluding carboxylic acids is 2. The molecule has 2 amide bonds. The van der Waals surface area contributed by atoms with Gasteiger partial charge in [-0.2, -0.15) is 5.26 Å². The number of sulfonamides is 1. The summed E-state index contributed by atoms with van der Waals surface area (Å²) in [6.07, 6.45) is 1.23. The molecule has 3 unspecified atom stereocenters. The second kappa shape index (κ2) is 11.5. The number of hydrogen-bond acceptors (Lipinski definition) is 9. The average molecular weight is 576 g/mol. The third kappa shape index (κ3) is 6.52. The van der Waals surface area contributed by atoms with Gasteiger partial charge in [-0.3, -0.25) is 4.79 Å². The third-order valence-electron chi connectivity index (χ3n) is 7.57. The summed E-state index contributed by atoms with van der Waals surface area (Å²) in [4.78, 5) is 27.6. The van der Waals surface area contributed by atoms with E-state index in [1.807, 2.05) is 20.8 Å². The number of fused-ring (bicyclic) bond motifs is 1. The van der Waals surface area contributed by atoms with Gasteiger partial charge in [-0.15, -0.1) is 0 Å². The molecule has 0 spiro atoms. The average Bonchev–Trinajstić information content (AvgIpc) is 3.23. The standard InChI is InChI=1S/C27H41N7O5S/c1-18(2)32-40(37,38)20-8-6-19(7-9-20)30-23-22-21(10-15-29-24(22)35)34(31-23)27(11-14-28)12-16-33(17-13-27)25(36)39-26(3,4)5/h6-9,18,21-23,30-32H,10-13,15-17H2,1-5H3,(H,29,35). The van der Waals surface area contributed by atoms with Crippen molar-refractivity contribution < 1.29 is 22.7 Å². The fourth-order valence-electron chi connectivity index (χ4n) is 5.79. The Morgan fingerprint density at radius 1 is 1.23 bits per heavy atom. The molecule has 12 nitrogen and oxygen atoms in total. The highest BCUT2D eigenvalue weighted by Gasteiger charge is 2.55. The molecule has 1 aromatic rings. The first-order valence-electron chi connectivity index (χ1n) is 13.8. The molecule has 1 aromatic carbocycles. The first-order chi connectivity index (χ1) is 18.7. The van der Waals surface area contributed by atoms with Crippen LogP contribution in [0.15, 0.2) is 29.2 Å². The summed E-state index contributed by atoms with van der Waals surface area (Å²) >= 11 is 0. The molecule has 3 aliphatic rings. The van der Waals surface area contributed by atoms with Crippen LogP contribution in [0.4, 0.5) is 10.5 Å². The Bertz CT molecular complexity index is 1230. The van der Waals surface area contributed by atoms with Crippen LogP contribution in [0.2, 0.25) is 0 Å². The normalized spacial score (nSPS) is 25.2. The first kappa shape index (κ1) is 30.0. The molecule has 4 rings (SSSR count). The molecule has 40 heavy (non-hydrogen) atoms. The highest BCUT2D eigenvalue weighted by Crippen LogP contribution is 2.40. The summed E-state index contributed by atoms with van der Waals surface area (Å²) in [6.45, 7) is 10.4. The number of piperidine rings is 2. The molecular weight excluding hydrogens is 534 g/mol. The van der Waals surface area contributed by atoms with Crippen LogP contribution in [0.5, 0.6) is 0 Å². The topological polar surface area (TPSA) is 156 Å². The molecule has 0 aromatic heterocycles. The number of ether oxygens (including phenoxy) is 1. The molecule has 3 heterocycles. The fraction of sp³-hybridized carbons (Fsp3) is 0.667. The Kier molecular flexibility index (Phi) is 8.65. The van der Waals surface area contributed by atoms with Crippen molar-refractivity contribution in [1.82, 2.24) is 25.4 Å². The number of nitriles is 1. The number of hydrogen-bond donors (Lipinski definition) is 4. The SMILES string of the molecule is CC(C)NS(=O)(=O)c1ccc(NC2NN(C3(CC#N)CCN(C(=O)OC(C)(C)C)CC3)C3CCNC(=O)C23)cc1. The van der Waals surface area contributed by atoms with E-state index in [0.717, 1.165) is 0 Å². The Morgan fingerprint density at radius 3 is 2.45 bits per heavy atom. The second-order valence-electron chi connectivity index (χ2n) is 12.1. The van der Waals surface area contributed by atoms with Gasteiger partial charge in [0, 0.05) is 37.4 Å². The maximum Gasteiger partial charge on any atom is 0.410 e. The van der Waals surface area contributed by atoms with Crippen molar-refractivity contribution >= 4 is 27.7 Å². The largest absolute Gasteiger partial charge is 0.444 e. The Hall–Kier alpha value is -2.92. The van der Waals surface area contributed by atoms with E-state index in [9.17, 15) is 23.3 Å². The number of rotatable bonds is 7. The number of amides is 2. The van der Waals surface area contributed by atoms with Gasteiger partial charge in [0.05, 0.1) is 28.8 Å². The highest BCUT2D eigenvalue weighted by atomic mass is 32.2. The van der Waals surface area contributed by atoms with Crippen LogP contribution < -0.4 is 20.8 Å². The number of carbonyl (C=O) groups is 2. The number of benzene rings is 1. The van der Waals surface area contributed by atoms with Gasteiger partial charge in [0.15, 0.2) is 0 Å². The molecule has 0 aliphatic carbocycles. The zero-order valence-corrected chi connectivity index (χ0v) is 24.7. The van der Waals surface area contributed by atoms with E-state index >= 15 is 0 Å². The summed E-state index contributed by atoms with van der Waals surface area (Å²) in [7, 11) is -3.62. The molecule has 0 radical (unpaired) electrons. The third-order valence-corrected chi connectivity index (χ3v) is 9.24. The monoisotopic (exact) mass is 575 g/mol. The minimum Gasteiger partial charge on any atom is -0.444 e. The fourth-order valence-corrected chi connectivity index (χ4v) is 7.04. The van der Waals surface area contributed by atoms with Crippen molar-refractivity contribution in [3.8, 4) is 6.07 Å². The predicted molar refractivity (Wildman–Crippen MR) is 149 cm³/mol. The van der Waals surface area contributed by atoms with Crippen LogP contribution in [0, 0.1) is 17.2 Å². The lowest BCUT2D eigenvalue weighted by Gasteiger charge is -2.48. The number of nitrogens with one attached hydrogen (secondary N) is 4. The van der Waals surface area contributed by atoms with E-state index in [4.69, 9.17) is 4.74 Å². The number of anilines is 1. The minimum absolute atomic E-state index is 0.0811. The number of likely N-dealkylation sites (tertiary alicyclic amines) is 1. The predicted octanol–water partition coefficient (Wildman–Crippen LogP) is 2.12. The Labute approximate surface area is 236 Å². The van der Waals surface area contributed by atoms with Crippen LogP contribution in [0.1, 0.15) is 60.3 Å². The van der Waals surface area contributed by atoms with Crippen LogP contribution >= 0.6 is 0 Å². The van der Waals surface area contributed by atoms with Gasteiger partial charge < -0.3 is 20.3 Å². The van der Waals surface area contributed by atoms with Crippen molar-refractivity contribution in [2.45, 2.75) is 94.6 Å². The van der Waals surface area contributed by atoms with Gasteiger partial charge in [0.1, 0.15) is 11.8 Å². The van der Waals surface area contributed by atoms with Gasteiger partial charge in [-0.1, -0.05) is 0 Å². The van der Waals surface area contributed by atoms with Gasteiger partial charge in [0.25, 0.3) is 0 Å². The van der Waals surface area contributed by atoms with Crippen molar-refractivity contribution in [2.24, 2.45) is 5.92 Å². The summed E-state index contributed by atoms with van der Waals surface area (Å²) in [5.41, 5.74) is 3.01. The molecule has 4 N–H and O–H groups in total. The lowest BCUT2D eigenvalue weighted by atomic mass is 9.81. The van der Waals surface area contributed by atoms with E-state index in [-0.39, 0.29) is 35.4 Å². The van der Waals surface area contributed by atoms with E-state index in [1.165, 1.54) is 12.1 Å². The summed E-state index contributed by atoms with van der Waals surface area (Å²) in [5, 5.41) is 18.2. The summed E-state index contributed by atoms with van der Waals surface area (Å²) in [5.74, 6) is -0.512. The molecule has 3 atom stereocenters. The quantitative estimate of drug-likeness (QED) is 0.382. The Morgan fingerprint density at radius 2 is 1.88 bits per heavy atom. The molecule has 0 saturated carbocycles. The minimum atomic E-state index is -3.62. The molecule has 0 bridgehead atoms. The molecule has 220 valence electrons. The van der Waals surface area contributed by atoms with E-state index in [1.54, 1.807) is 30.9 Å². The highest BCUT2D eigenvalue weighted by molar-refractivity contribution is 7.89. The summed E-state index contributed by atoms with van der Waals surface area (Å²) < 4.78 is 33.2. The molecule has 13 heteroatoms. The smallest absolute Gasteiger partial charge is 0.410 e. The van der Waals surface area contributed by atoms with E-state index in [0.29, 0.717) is 44.6 Å². The maximum atomic E-state index is 13.1. The summed E-state index contributed by atoms with van der Waals surface area (Å²) in [6, 6.07) is 8.38. The van der Waals surface area contributed by atoms with Crippen molar-refractivity contribution in [1.29, 1.82) is 5.26 Å². The number of hydrazine groups is 1. The van der Waals surface area contributed by atoms with Crippen molar-refractivity contribution in [3.05, 3.63) is 24.3 Å².